The van der Waals surface area contributed by atoms with Gasteiger partial charge in [0.15, 0.2) is 5.13 Å². The van der Waals surface area contributed by atoms with Crippen LogP contribution in [-0.2, 0) is 6.54 Å². The van der Waals surface area contributed by atoms with Crippen molar-refractivity contribution in [2.24, 2.45) is 0 Å². The first kappa shape index (κ1) is 14.3. The van der Waals surface area contributed by atoms with E-state index in [1.807, 2.05) is 41.9 Å². The maximum atomic E-state index is 5.39. The molecule has 1 aromatic carbocycles. The SMILES string of the molecule is c1ccc(-c2noc(CN3CCN(c4nccs4)CC3)n2)cc1. The molecular weight excluding hydrogens is 310 g/mol. The van der Waals surface area contributed by atoms with Gasteiger partial charge in [-0.2, -0.15) is 4.98 Å². The Morgan fingerprint density at radius 3 is 2.65 bits per heavy atom. The van der Waals surface area contributed by atoms with Crippen LogP contribution in [0.1, 0.15) is 5.89 Å². The van der Waals surface area contributed by atoms with Crippen molar-refractivity contribution in [3.63, 3.8) is 0 Å². The second-order valence-electron chi connectivity index (χ2n) is 5.46. The van der Waals surface area contributed by atoms with Gasteiger partial charge in [-0.05, 0) is 0 Å². The standard InChI is InChI=1S/C16H17N5OS/c1-2-4-13(5-3-1)15-18-14(22-19-15)12-20-7-9-21(10-8-20)16-17-6-11-23-16/h1-6,11H,7-10,12H2. The van der Waals surface area contributed by atoms with Crippen LogP contribution in [0.2, 0.25) is 0 Å². The monoisotopic (exact) mass is 327 g/mol. The van der Waals surface area contributed by atoms with Gasteiger partial charge < -0.3 is 9.42 Å². The van der Waals surface area contributed by atoms with Crippen LogP contribution in [0.4, 0.5) is 5.13 Å². The number of aromatic nitrogens is 3. The molecule has 0 bridgehead atoms. The molecule has 3 aromatic rings. The number of rotatable bonds is 4. The fraction of sp³-hybridized carbons (Fsp3) is 0.312. The first-order valence-corrected chi connectivity index (χ1v) is 8.51. The fourth-order valence-electron chi connectivity index (χ4n) is 2.68. The third-order valence-corrected chi connectivity index (χ3v) is 4.75. The van der Waals surface area contributed by atoms with Crippen LogP contribution >= 0.6 is 11.3 Å². The molecule has 1 aliphatic heterocycles. The van der Waals surface area contributed by atoms with E-state index in [0.717, 1.165) is 36.9 Å². The minimum Gasteiger partial charge on any atom is -0.346 e. The molecule has 118 valence electrons. The van der Waals surface area contributed by atoms with Crippen LogP contribution in [0.3, 0.4) is 0 Å². The van der Waals surface area contributed by atoms with Crippen LogP contribution < -0.4 is 4.90 Å². The van der Waals surface area contributed by atoms with Crippen molar-refractivity contribution < 1.29 is 4.52 Å². The highest BCUT2D eigenvalue weighted by molar-refractivity contribution is 7.13. The Balaban J connectivity index is 1.36. The third-order valence-electron chi connectivity index (χ3n) is 3.92. The van der Waals surface area contributed by atoms with E-state index in [2.05, 4.69) is 24.9 Å². The van der Waals surface area contributed by atoms with Gasteiger partial charge in [-0.3, -0.25) is 4.90 Å². The lowest BCUT2D eigenvalue weighted by Gasteiger charge is -2.33. The summed E-state index contributed by atoms with van der Waals surface area (Å²) >= 11 is 1.69. The van der Waals surface area contributed by atoms with Crippen molar-refractivity contribution in [1.29, 1.82) is 0 Å². The molecule has 1 fully saturated rings. The largest absolute Gasteiger partial charge is 0.346 e. The molecule has 0 unspecified atom stereocenters. The Labute approximate surface area is 138 Å². The summed E-state index contributed by atoms with van der Waals surface area (Å²) in [5, 5.41) is 7.20. The summed E-state index contributed by atoms with van der Waals surface area (Å²) < 4.78 is 5.39. The minimum absolute atomic E-state index is 0.655. The van der Waals surface area contributed by atoms with E-state index in [-0.39, 0.29) is 0 Å². The molecular formula is C16H17N5OS. The lowest BCUT2D eigenvalue weighted by molar-refractivity contribution is 0.215. The second kappa shape index (κ2) is 6.47. The van der Waals surface area contributed by atoms with Gasteiger partial charge in [0, 0.05) is 43.3 Å². The van der Waals surface area contributed by atoms with Crippen molar-refractivity contribution in [1.82, 2.24) is 20.0 Å². The molecule has 3 heterocycles. The van der Waals surface area contributed by atoms with Gasteiger partial charge in [-0.1, -0.05) is 35.5 Å². The van der Waals surface area contributed by atoms with Crippen molar-refractivity contribution in [2.75, 3.05) is 31.1 Å². The van der Waals surface area contributed by atoms with Gasteiger partial charge in [0.25, 0.3) is 0 Å². The molecule has 0 aliphatic carbocycles. The van der Waals surface area contributed by atoms with E-state index in [4.69, 9.17) is 4.52 Å². The highest BCUT2D eigenvalue weighted by atomic mass is 32.1. The van der Waals surface area contributed by atoms with E-state index in [1.54, 1.807) is 11.3 Å². The van der Waals surface area contributed by atoms with Crippen LogP contribution in [0.5, 0.6) is 0 Å². The van der Waals surface area contributed by atoms with E-state index >= 15 is 0 Å². The van der Waals surface area contributed by atoms with Gasteiger partial charge in [0.2, 0.25) is 11.7 Å². The molecule has 0 N–H and O–H groups in total. The Hall–Kier alpha value is -2.25. The molecule has 0 amide bonds. The number of hydrogen-bond acceptors (Lipinski definition) is 7. The van der Waals surface area contributed by atoms with Crippen molar-refractivity contribution in [3.05, 3.63) is 47.8 Å². The number of thiazole rings is 1. The zero-order chi connectivity index (χ0) is 15.5. The maximum Gasteiger partial charge on any atom is 0.241 e. The number of benzene rings is 1. The molecule has 1 aliphatic rings. The zero-order valence-corrected chi connectivity index (χ0v) is 13.4. The molecule has 1 saturated heterocycles. The van der Waals surface area contributed by atoms with Crippen LogP contribution in [0, 0.1) is 0 Å². The third kappa shape index (κ3) is 3.25. The van der Waals surface area contributed by atoms with Crippen LogP contribution in [-0.4, -0.2) is 46.2 Å². The predicted octanol–water partition coefficient (Wildman–Crippen LogP) is 2.52. The smallest absolute Gasteiger partial charge is 0.241 e. The second-order valence-corrected chi connectivity index (χ2v) is 6.33. The van der Waals surface area contributed by atoms with Crippen LogP contribution in [0.15, 0.2) is 46.4 Å². The average Bonchev–Trinajstić information content (AvgIpc) is 3.28. The lowest BCUT2D eigenvalue weighted by Crippen LogP contribution is -2.46. The number of hydrogen-bond donors (Lipinski definition) is 0. The maximum absolute atomic E-state index is 5.39. The minimum atomic E-state index is 0.655. The first-order chi connectivity index (χ1) is 11.4. The Morgan fingerprint density at radius 2 is 1.91 bits per heavy atom. The summed E-state index contributed by atoms with van der Waals surface area (Å²) in [6.07, 6.45) is 1.86. The topological polar surface area (TPSA) is 58.3 Å². The van der Waals surface area contributed by atoms with E-state index in [0.29, 0.717) is 18.3 Å². The Morgan fingerprint density at radius 1 is 1.09 bits per heavy atom. The summed E-state index contributed by atoms with van der Waals surface area (Å²) in [6.45, 7) is 4.61. The molecule has 0 atom stereocenters. The van der Waals surface area contributed by atoms with Crippen LogP contribution in [0.25, 0.3) is 11.4 Å². The number of anilines is 1. The van der Waals surface area contributed by atoms with Gasteiger partial charge in [-0.25, -0.2) is 4.98 Å². The quantitative estimate of drug-likeness (QED) is 0.734. The van der Waals surface area contributed by atoms with Gasteiger partial charge in [0.1, 0.15) is 0 Å². The lowest BCUT2D eigenvalue weighted by atomic mass is 10.2. The van der Waals surface area contributed by atoms with Crippen molar-refractivity contribution in [2.45, 2.75) is 6.54 Å². The molecule has 6 nitrogen and oxygen atoms in total. The molecule has 0 radical (unpaired) electrons. The summed E-state index contributed by atoms with van der Waals surface area (Å²) in [5.74, 6) is 1.33. The summed E-state index contributed by atoms with van der Waals surface area (Å²) in [5.41, 5.74) is 0.982. The fourth-order valence-corrected chi connectivity index (χ4v) is 3.38. The van der Waals surface area contributed by atoms with E-state index in [9.17, 15) is 0 Å². The van der Waals surface area contributed by atoms with Gasteiger partial charge in [-0.15, -0.1) is 11.3 Å². The molecule has 4 rings (SSSR count). The Bertz CT molecular complexity index is 735. The summed E-state index contributed by atoms with van der Waals surface area (Å²) in [4.78, 5) is 13.5. The first-order valence-electron chi connectivity index (χ1n) is 7.63. The van der Waals surface area contributed by atoms with Gasteiger partial charge in [0.05, 0.1) is 6.54 Å². The molecule has 7 heteroatoms. The molecule has 2 aromatic heterocycles. The van der Waals surface area contributed by atoms with Crippen molar-refractivity contribution in [3.8, 4) is 11.4 Å². The zero-order valence-electron chi connectivity index (χ0n) is 12.6. The highest BCUT2D eigenvalue weighted by Gasteiger charge is 2.20. The average molecular weight is 327 g/mol. The number of nitrogens with zero attached hydrogens (tertiary/aromatic N) is 5. The predicted molar refractivity (Wildman–Crippen MR) is 89.3 cm³/mol. The van der Waals surface area contributed by atoms with Gasteiger partial charge >= 0.3 is 0 Å². The summed E-state index contributed by atoms with van der Waals surface area (Å²) in [6, 6.07) is 9.90. The highest BCUT2D eigenvalue weighted by Crippen LogP contribution is 2.20. The number of piperazine rings is 1. The molecule has 0 saturated carbocycles. The normalized spacial score (nSPS) is 15.9. The molecule has 0 spiro atoms. The van der Waals surface area contributed by atoms with E-state index in [1.165, 1.54) is 0 Å². The Kier molecular flexibility index (Phi) is 4.04. The van der Waals surface area contributed by atoms with E-state index < -0.39 is 0 Å². The molecule has 23 heavy (non-hydrogen) atoms. The van der Waals surface area contributed by atoms with Crippen molar-refractivity contribution >= 4 is 16.5 Å². The summed E-state index contributed by atoms with van der Waals surface area (Å²) in [7, 11) is 0.